The summed E-state index contributed by atoms with van der Waals surface area (Å²) >= 11 is 0. The lowest BCUT2D eigenvalue weighted by Crippen LogP contribution is -2.37. The van der Waals surface area contributed by atoms with Crippen molar-refractivity contribution in [3.05, 3.63) is 36.8 Å². The SMILES string of the molecule is C=CCNC(=O)[C@@H](C)OC(=O)[C@H]1CC(=O)N(Cc2ccco2)C1. The van der Waals surface area contributed by atoms with Gasteiger partial charge in [-0.1, -0.05) is 6.08 Å². The van der Waals surface area contributed by atoms with E-state index in [9.17, 15) is 14.4 Å². The van der Waals surface area contributed by atoms with E-state index in [0.717, 1.165) is 0 Å². The van der Waals surface area contributed by atoms with Gasteiger partial charge in [0.1, 0.15) is 5.76 Å². The van der Waals surface area contributed by atoms with Gasteiger partial charge in [-0.3, -0.25) is 14.4 Å². The molecule has 1 aliphatic rings. The second-order valence-electron chi connectivity index (χ2n) is 5.37. The fourth-order valence-electron chi connectivity index (χ4n) is 2.31. The third-order valence-electron chi connectivity index (χ3n) is 3.56. The van der Waals surface area contributed by atoms with Crippen LogP contribution in [0.4, 0.5) is 0 Å². The van der Waals surface area contributed by atoms with Gasteiger partial charge in [0, 0.05) is 19.5 Å². The van der Waals surface area contributed by atoms with Crippen LogP contribution in [0.1, 0.15) is 19.1 Å². The first-order valence-electron chi connectivity index (χ1n) is 7.40. The number of carbonyl (C=O) groups is 3. The fourth-order valence-corrected chi connectivity index (χ4v) is 2.31. The number of ether oxygens (including phenoxy) is 1. The zero-order valence-electron chi connectivity index (χ0n) is 13.0. The van der Waals surface area contributed by atoms with Crippen molar-refractivity contribution in [1.29, 1.82) is 0 Å². The molecule has 2 amide bonds. The number of furan rings is 1. The number of esters is 1. The van der Waals surface area contributed by atoms with Gasteiger partial charge in [-0.05, 0) is 19.1 Å². The smallest absolute Gasteiger partial charge is 0.312 e. The van der Waals surface area contributed by atoms with Crippen LogP contribution in [-0.2, 0) is 25.7 Å². The molecule has 1 saturated heterocycles. The van der Waals surface area contributed by atoms with Crippen molar-refractivity contribution in [2.75, 3.05) is 13.1 Å². The van der Waals surface area contributed by atoms with Crippen LogP contribution >= 0.6 is 0 Å². The topological polar surface area (TPSA) is 88.8 Å². The highest BCUT2D eigenvalue weighted by Crippen LogP contribution is 2.22. The van der Waals surface area contributed by atoms with Gasteiger partial charge in [0.15, 0.2) is 6.10 Å². The highest BCUT2D eigenvalue weighted by molar-refractivity contribution is 5.88. The number of carbonyl (C=O) groups excluding carboxylic acids is 3. The van der Waals surface area contributed by atoms with Crippen molar-refractivity contribution in [1.82, 2.24) is 10.2 Å². The molecule has 0 bridgehead atoms. The average molecular weight is 320 g/mol. The van der Waals surface area contributed by atoms with E-state index in [1.807, 2.05) is 0 Å². The number of hydrogen-bond acceptors (Lipinski definition) is 5. The summed E-state index contributed by atoms with van der Waals surface area (Å²) in [6.45, 7) is 5.88. The zero-order valence-corrected chi connectivity index (χ0v) is 13.0. The second kappa shape index (κ2) is 7.62. The Bertz CT molecular complexity index is 581. The number of nitrogens with one attached hydrogen (secondary N) is 1. The molecule has 2 heterocycles. The lowest BCUT2D eigenvalue weighted by atomic mass is 10.1. The van der Waals surface area contributed by atoms with Crippen molar-refractivity contribution < 1.29 is 23.5 Å². The van der Waals surface area contributed by atoms with E-state index in [1.54, 1.807) is 17.0 Å². The average Bonchev–Trinajstić information content (AvgIpc) is 3.15. The molecule has 0 unspecified atom stereocenters. The minimum Gasteiger partial charge on any atom is -0.467 e. The Morgan fingerprint density at radius 1 is 1.61 bits per heavy atom. The quantitative estimate of drug-likeness (QED) is 0.594. The summed E-state index contributed by atoms with van der Waals surface area (Å²) in [5, 5.41) is 2.55. The predicted octanol–water partition coefficient (Wildman–Crippen LogP) is 0.862. The fraction of sp³-hybridized carbons (Fsp3) is 0.438. The van der Waals surface area contributed by atoms with E-state index < -0.39 is 23.9 Å². The molecule has 1 aromatic rings. The van der Waals surface area contributed by atoms with Crippen LogP contribution in [0.2, 0.25) is 0 Å². The number of nitrogens with zero attached hydrogens (tertiary/aromatic N) is 1. The molecule has 0 saturated carbocycles. The van der Waals surface area contributed by atoms with Crippen molar-refractivity contribution in [2.24, 2.45) is 5.92 Å². The molecule has 7 heteroatoms. The van der Waals surface area contributed by atoms with Gasteiger partial charge in [0.2, 0.25) is 5.91 Å². The Hall–Kier alpha value is -2.57. The normalized spacial score (nSPS) is 18.6. The molecule has 0 radical (unpaired) electrons. The molecule has 124 valence electrons. The van der Waals surface area contributed by atoms with Gasteiger partial charge in [-0.2, -0.15) is 0 Å². The summed E-state index contributed by atoms with van der Waals surface area (Å²) in [7, 11) is 0. The molecule has 23 heavy (non-hydrogen) atoms. The third-order valence-corrected chi connectivity index (χ3v) is 3.56. The molecule has 1 N–H and O–H groups in total. The molecule has 2 rings (SSSR count). The van der Waals surface area contributed by atoms with Crippen LogP contribution in [-0.4, -0.2) is 41.9 Å². The largest absolute Gasteiger partial charge is 0.467 e. The minimum atomic E-state index is -0.906. The molecule has 7 nitrogen and oxygen atoms in total. The van der Waals surface area contributed by atoms with Crippen molar-refractivity contribution in [2.45, 2.75) is 26.0 Å². The van der Waals surface area contributed by atoms with Crippen molar-refractivity contribution >= 4 is 17.8 Å². The molecule has 0 spiro atoms. The summed E-state index contributed by atoms with van der Waals surface area (Å²) < 4.78 is 10.3. The molecule has 0 aromatic carbocycles. The molecule has 1 fully saturated rings. The zero-order chi connectivity index (χ0) is 16.8. The van der Waals surface area contributed by atoms with Gasteiger partial charge in [0.05, 0.1) is 18.7 Å². The first-order chi connectivity index (χ1) is 11.0. The first-order valence-corrected chi connectivity index (χ1v) is 7.40. The van der Waals surface area contributed by atoms with E-state index in [-0.39, 0.29) is 18.9 Å². The van der Waals surface area contributed by atoms with Crippen LogP contribution in [0.25, 0.3) is 0 Å². The van der Waals surface area contributed by atoms with Crippen LogP contribution < -0.4 is 5.32 Å². The number of rotatable bonds is 7. The molecule has 0 aliphatic carbocycles. The Kier molecular flexibility index (Phi) is 5.56. The van der Waals surface area contributed by atoms with Crippen LogP contribution in [0.5, 0.6) is 0 Å². The summed E-state index contributed by atoms with van der Waals surface area (Å²) in [6.07, 6.45) is 2.25. The van der Waals surface area contributed by atoms with Crippen molar-refractivity contribution in [3.63, 3.8) is 0 Å². The Balaban J connectivity index is 1.85. The molecule has 1 aliphatic heterocycles. The van der Waals surface area contributed by atoms with E-state index in [1.165, 1.54) is 19.3 Å². The maximum Gasteiger partial charge on any atom is 0.312 e. The van der Waals surface area contributed by atoms with Crippen LogP contribution in [0.3, 0.4) is 0 Å². The monoisotopic (exact) mass is 320 g/mol. The second-order valence-corrected chi connectivity index (χ2v) is 5.37. The van der Waals surface area contributed by atoms with Gasteiger partial charge in [-0.15, -0.1) is 6.58 Å². The maximum absolute atomic E-state index is 12.1. The number of hydrogen-bond donors (Lipinski definition) is 1. The maximum atomic E-state index is 12.1. The summed E-state index contributed by atoms with van der Waals surface area (Å²) in [6, 6.07) is 3.51. The Morgan fingerprint density at radius 3 is 3.04 bits per heavy atom. The highest BCUT2D eigenvalue weighted by Gasteiger charge is 2.36. The standard InChI is InChI=1S/C16H20N2O5/c1-3-6-17-15(20)11(2)23-16(21)12-8-14(19)18(9-12)10-13-5-4-7-22-13/h3-5,7,11-12H,1,6,8-10H2,2H3,(H,17,20)/t11-,12+/m1/s1. The van der Waals surface area contributed by atoms with Gasteiger partial charge in [-0.25, -0.2) is 0 Å². The Labute approximate surface area is 134 Å². The van der Waals surface area contributed by atoms with E-state index in [4.69, 9.17) is 9.15 Å². The van der Waals surface area contributed by atoms with Gasteiger partial charge in [0.25, 0.3) is 5.91 Å². The number of likely N-dealkylation sites (tertiary alicyclic amines) is 1. The molecule has 1 aromatic heterocycles. The van der Waals surface area contributed by atoms with Crippen LogP contribution in [0, 0.1) is 5.92 Å². The molecule has 2 atom stereocenters. The van der Waals surface area contributed by atoms with Gasteiger partial charge < -0.3 is 19.4 Å². The first kappa shape index (κ1) is 16.8. The third kappa shape index (κ3) is 4.45. The molecular formula is C16H20N2O5. The molecular weight excluding hydrogens is 300 g/mol. The lowest BCUT2D eigenvalue weighted by Gasteiger charge is -2.17. The summed E-state index contributed by atoms with van der Waals surface area (Å²) in [4.78, 5) is 37.3. The number of amides is 2. The van der Waals surface area contributed by atoms with E-state index >= 15 is 0 Å². The highest BCUT2D eigenvalue weighted by atomic mass is 16.5. The predicted molar refractivity (Wildman–Crippen MR) is 81.0 cm³/mol. The summed E-state index contributed by atoms with van der Waals surface area (Å²) in [5.41, 5.74) is 0. The lowest BCUT2D eigenvalue weighted by molar-refractivity contribution is -0.158. The van der Waals surface area contributed by atoms with Gasteiger partial charge >= 0.3 is 5.97 Å². The van der Waals surface area contributed by atoms with Crippen LogP contribution in [0.15, 0.2) is 35.5 Å². The minimum absolute atomic E-state index is 0.0839. The van der Waals surface area contributed by atoms with E-state index in [0.29, 0.717) is 18.8 Å². The Morgan fingerprint density at radius 2 is 2.39 bits per heavy atom. The van der Waals surface area contributed by atoms with Crippen molar-refractivity contribution in [3.8, 4) is 0 Å². The summed E-state index contributed by atoms with van der Waals surface area (Å²) in [5.74, 6) is -0.972. The van der Waals surface area contributed by atoms with E-state index in [2.05, 4.69) is 11.9 Å².